The van der Waals surface area contributed by atoms with Crippen LogP contribution in [0.3, 0.4) is 0 Å². The Morgan fingerprint density at radius 1 is 1.44 bits per heavy atom. The van der Waals surface area contributed by atoms with Crippen LogP contribution in [0.1, 0.15) is 15.9 Å². The molecule has 5 heteroatoms. The van der Waals surface area contributed by atoms with Gasteiger partial charge in [-0.25, -0.2) is 0 Å². The van der Waals surface area contributed by atoms with Gasteiger partial charge in [-0.2, -0.15) is 0 Å². The quantitative estimate of drug-likeness (QED) is 0.526. The van der Waals surface area contributed by atoms with E-state index in [2.05, 4.69) is 5.32 Å². The molecule has 0 unspecified atom stereocenters. The summed E-state index contributed by atoms with van der Waals surface area (Å²) in [5.74, 6) is -0.385. The van der Waals surface area contributed by atoms with Crippen LogP contribution < -0.4 is 11.1 Å². The van der Waals surface area contributed by atoms with E-state index in [0.717, 1.165) is 5.56 Å². The van der Waals surface area contributed by atoms with Gasteiger partial charge >= 0.3 is 0 Å². The number of anilines is 1. The average molecular weight is 224 g/mol. The Bertz CT molecular complexity index is 355. The third-order valence-corrected chi connectivity index (χ3v) is 2.31. The zero-order valence-electron chi connectivity index (χ0n) is 9.10. The number of nitrogens with two attached hydrogens (primary N) is 1. The second-order valence-electron chi connectivity index (χ2n) is 3.57. The summed E-state index contributed by atoms with van der Waals surface area (Å²) < 4.78 is 0. The Hall–Kier alpha value is -1.59. The summed E-state index contributed by atoms with van der Waals surface area (Å²) >= 11 is 0. The molecule has 0 saturated carbocycles. The molecule has 0 aliphatic rings. The molecule has 16 heavy (non-hydrogen) atoms. The van der Waals surface area contributed by atoms with Crippen molar-refractivity contribution in [1.82, 2.24) is 5.32 Å². The fourth-order valence-electron chi connectivity index (χ4n) is 1.41. The molecule has 5 N–H and O–H groups in total. The van der Waals surface area contributed by atoms with Crippen LogP contribution >= 0.6 is 0 Å². The molecule has 0 heterocycles. The molecule has 0 atom stereocenters. The number of hydrogen-bond donors (Lipinski definition) is 4. The minimum Gasteiger partial charge on any atom is -0.398 e. The molecule has 1 rings (SSSR count). The number of aryl methyl sites for hydroxylation is 1. The number of carbonyl (C=O) groups is 1. The van der Waals surface area contributed by atoms with Crippen LogP contribution in [0.5, 0.6) is 0 Å². The first-order valence-electron chi connectivity index (χ1n) is 4.97. The standard InChI is InChI=1S/C11H16N2O3/c1-7-3-2-4-9(12)10(7)11(16)13-8(5-14)6-15/h2-4,8,14-15H,5-6,12H2,1H3,(H,13,16). The minimum atomic E-state index is -0.661. The summed E-state index contributed by atoms with van der Waals surface area (Å²) in [4.78, 5) is 11.8. The van der Waals surface area contributed by atoms with Crippen molar-refractivity contribution in [1.29, 1.82) is 0 Å². The molecule has 0 aliphatic carbocycles. The van der Waals surface area contributed by atoms with Gasteiger partial charge in [0.15, 0.2) is 0 Å². The predicted molar refractivity (Wildman–Crippen MR) is 61.0 cm³/mol. The van der Waals surface area contributed by atoms with Crippen molar-refractivity contribution in [2.75, 3.05) is 18.9 Å². The molecule has 1 amide bonds. The van der Waals surface area contributed by atoms with Crippen LogP contribution in [-0.4, -0.2) is 35.4 Å². The van der Waals surface area contributed by atoms with Crippen molar-refractivity contribution in [2.45, 2.75) is 13.0 Å². The number of nitrogen functional groups attached to an aromatic ring is 1. The van der Waals surface area contributed by atoms with Gasteiger partial charge in [0.05, 0.1) is 24.8 Å². The third kappa shape index (κ3) is 2.71. The molecule has 5 nitrogen and oxygen atoms in total. The highest BCUT2D eigenvalue weighted by molar-refractivity contribution is 6.00. The van der Waals surface area contributed by atoms with E-state index in [1.165, 1.54) is 0 Å². The number of carbonyl (C=O) groups excluding carboxylic acids is 1. The smallest absolute Gasteiger partial charge is 0.254 e. The molecule has 1 aromatic rings. The first kappa shape index (κ1) is 12.5. The van der Waals surface area contributed by atoms with E-state index in [1.54, 1.807) is 25.1 Å². The highest BCUT2D eigenvalue weighted by Gasteiger charge is 2.15. The van der Waals surface area contributed by atoms with Crippen LogP contribution in [-0.2, 0) is 0 Å². The van der Waals surface area contributed by atoms with Crippen LogP contribution in [0.4, 0.5) is 5.69 Å². The van der Waals surface area contributed by atoms with Gasteiger partial charge in [0, 0.05) is 5.69 Å². The molecule has 0 spiro atoms. The van der Waals surface area contributed by atoms with Crippen molar-refractivity contribution in [3.8, 4) is 0 Å². The minimum absolute atomic E-state index is 0.311. The average Bonchev–Trinajstić information content (AvgIpc) is 2.25. The van der Waals surface area contributed by atoms with E-state index in [0.29, 0.717) is 11.3 Å². The van der Waals surface area contributed by atoms with E-state index in [-0.39, 0.29) is 19.1 Å². The molecule has 88 valence electrons. The first-order valence-corrected chi connectivity index (χ1v) is 4.97. The predicted octanol–water partition coefficient (Wildman–Crippen LogP) is -0.340. The summed E-state index contributed by atoms with van der Waals surface area (Å²) in [5, 5.41) is 20.2. The summed E-state index contributed by atoms with van der Waals surface area (Å²) in [7, 11) is 0. The number of rotatable bonds is 4. The summed E-state index contributed by atoms with van der Waals surface area (Å²) in [6.45, 7) is 1.15. The highest BCUT2D eigenvalue weighted by Crippen LogP contribution is 2.15. The lowest BCUT2D eigenvalue weighted by Gasteiger charge is -2.15. The van der Waals surface area contributed by atoms with Crippen molar-refractivity contribution in [3.63, 3.8) is 0 Å². The monoisotopic (exact) mass is 224 g/mol. The second kappa shape index (κ2) is 5.48. The maximum Gasteiger partial charge on any atom is 0.254 e. The van der Waals surface area contributed by atoms with E-state index >= 15 is 0 Å². The van der Waals surface area contributed by atoms with Gasteiger partial charge < -0.3 is 21.3 Å². The van der Waals surface area contributed by atoms with Gasteiger partial charge in [-0.1, -0.05) is 12.1 Å². The summed E-state index contributed by atoms with van der Waals surface area (Å²) in [6.07, 6.45) is 0. The van der Waals surface area contributed by atoms with Crippen molar-refractivity contribution in [2.24, 2.45) is 0 Å². The lowest BCUT2D eigenvalue weighted by molar-refractivity contribution is 0.0879. The Morgan fingerprint density at radius 2 is 2.06 bits per heavy atom. The number of amides is 1. The molecule has 0 aromatic heterocycles. The van der Waals surface area contributed by atoms with E-state index in [4.69, 9.17) is 15.9 Å². The molecule has 0 bridgehead atoms. The van der Waals surface area contributed by atoms with Gasteiger partial charge in [-0.3, -0.25) is 4.79 Å². The van der Waals surface area contributed by atoms with E-state index in [1.807, 2.05) is 0 Å². The Labute approximate surface area is 93.9 Å². The molecule has 0 fully saturated rings. The zero-order chi connectivity index (χ0) is 12.1. The lowest BCUT2D eigenvalue weighted by atomic mass is 10.1. The SMILES string of the molecule is Cc1cccc(N)c1C(=O)NC(CO)CO. The number of nitrogens with one attached hydrogen (secondary N) is 1. The number of benzene rings is 1. The fourth-order valence-corrected chi connectivity index (χ4v) is 1.41. The fraction of sp³-hybridized carbons (Fsp3) is 0.364. The highest BCUT2D eigenvalue weighted by atomic mass is 16.3. The molecular weight excluding hydrogens is 208 g/mol. The van der Waals surface area contributed by atoms with Gasteiger partial charge in [0.2, 0.25) is 0 Å². The van der Waals surface area contributed by atoms with Crippen LogP contribution in [0, 0.1) is 6.92 Å². The maximum atomic E-state index is 11.8. The van der Waals surface area contributed by atoms with Crippen molar-refractivity contribution in [3.05, 3.63) is 29.3 Å². The lowest BCUT2D eigenvalue weighted by Crippen LogP contribution is -2.40. The summed E-state index contributed by atoms with van der Waals surface area (Å²) in [6, 6.07) is 4.51. The second-order valence-corrected chi connectivity index (χ2v) is 3.57. The van der Waals surface area contributed by atoms with Gasteiger partial charge in [0.1, 0.15) is 0 Å². The third-order valence-electron chi connectivity index (χ3n) is 2.31. The summed E-state index contributed by atoms with van der Waals surface area (Å²) in [5.41, 5.74) is 7.22. The Balaban J connectivity index is 2.88. The maximum absolute atomic E-state index is 11.8. The molecule has 0 saturated heterocycles. The molecule has 0 aliphatic heterocycles. The Morgan fingerprint density at radius 3 is 2.56 bits per heavy atom. The van der Waals surface area contributed by atoms with Gasteiger partial charge in [-0.05, 0) is 18.6 Å². The van der Waals surface area contributed by atoms with Crippen molar-refractivity contribution >= 4 is 11.6 Å². The molecule has 1 aromatic carbocycles. The first-order chi connectivity index (χ1) is 7.60. The number of aliphatic hydroxyl groups is 2. The Kier molecular flexibility index (Phi) is 4.28. The largest absolute Gasteiger partial charge is 0.398 e. The normalized spacial score (nSPS) is 10.5. The van der Waals surface area contributed by atoms with Crippen LogP contribution in [0.2, 0.25) is 0 Å². The molecule has 0 radical (unpaired) electrons. The van der Waals surface area contributed by atoms with Crippen LogP contribution in [0.25, 0.3) is 0 Å². The number of hydrogen-bond acceptors (Lipinski definition) is 4. The van der Waals surface area contributed by atoms with E-state index in [9.17, 15) is 4.79 Å². The van der Waals surface area contributed by atoms with Gasteiger partial charge in [-0.15, -0.1) is 0 Å². The zero-order valence-corrected chi connectivity index (χ0v) is 9.10. The topological polar surface area (TPSA) is 95.6 Å². The van der Waals surface area contributed by atoms with Crippen LogP contribution in [0.15, 0.2) is 18.2 Å². The van der Waals surface area contributed by atoms with Gasteiger partial charge in [0.25, 0.3) is 5.91 Å². The molecular formula is C11H16N2O3. The number of aliphatic hydroxyl groups excluding tert-OH is 2. The van der Waals surface area contributed by atoms with Crippen molar-refractivity contribution < 1.29 is 15.0 Å². The van der Waals surface area contributed by atoms with E-state index < -0.39 is 6.04 Å².